The minimum absolute atomic E-state index is 0. The molecule has 64 heavy (non-hydrogen) atoms. The van der Waals surface area contributed by atoms with E-state index >= 15 is 0 Å². The SMILES string of the molecule is C[Si](C)(C)c1ccc(-c2[c-]cccc2)nc1.[2H]C([2H])([2H])c1ccc(-c2ccc3c(c2)sc2c(-c4nc5ccccc5n4-c4c(C(C)C)cc(-c5ccccc5)cc4C(C)C)[c-]ccc23)cc1.[Ir]. The van der Waals surface area contributed by atoms with Gasteiger partial charge in [-0.3, -0.25) is 4.98 Å². The van der Waals surface area contributed by atoms with Gasteiger partial charge in [0.1, 0.15) is 0 Å². The summed E-state index contributed by atoms with van der Waals surface area (Å²) in [6.07, 6.45) is 2.02. The van der Waals surface area contributed by atoms with Crippen molar-refractivity contribution >= 4 is 55.8 Å². The summed E-state index contributed by atoms with van der Waals surface area (Å²) in [6, 6.07) is 60.8. The van der Waals surface area contributed by atoms with E-state index in [0.717, 1.165) is 49.5 Å². The van der Waals surface area contributed by atoms with Crippen LogP contribution in [-0.4, -0.2) is 22.6 Å². The van der Waals surface area contributed by atoms with Gasteiger partial charge in [0, 0.05) is 40.8 Å². The number of pyridine rings is 1. The average molecular weight is 1050 g/mol. The van der Waals surface area contributed by atoms with Crippen LogP contribution in [0.1, 0.15) is 60.3 Å². The molecule has 0 N–H and O–H groups in total. The Balaban J connectivity index is 0.000000303. The van der Waals surface area contributed by atoms with Crippen molar-refractivity contribution in [2.24, 2.45) is 0 Å². The molecule has 3 heterocycles. The first-order valence-corrected chi connectivity index (χ1v) is 26.1. The molecule has 7 aromatic carbocycles. The number of fused-ring (bicyclic) bond motifs is 4. The molecule has 0 aliphatic carbocycles. The van der Waals surface area contributed by atoms with Gasteiger partial charge in [0.05, 0.1) is 24.9 Å². The normalized spacial score (nSPS) is 12.5. The van der Waals surface area contributed by atoms with E-state index in [9.17, 15) is 0 Å². The number of imidazole rings is 1. The topological polar surface area (TPSA) is 30.7 Å². The second kappa shape index (κ2) is 18.8. The largest absolute Gasteiger partial charge is 0.333 e. The van der Waals surface area contributed by atoms with Crippen LogP contribution in [0.5, 0.6) is 0 Å². The number of benzene rings is 7. The molecule has 3 nitrogen and oxygen atoms in total. The summed E-state index contributed by atoms with van der Waals surface area (Å²) in [5, 5.41) is 3.75. The quantitative estimate of drug-likeness (QED) is 0.112. The summed E-state index contributed by atoms with van der Waals surface area (Å²) in [5.41, 5.74) is 13.7. The maximum absolute atomic E-state index is 7.75. The van der Waals surface area contributed by atoms with Gasteiger partial charge in [-0.15, -0.1) is 54.1 Å². The minimum Gasteiger partial charge on any atom is -0.333 e. The number of rotatable bonds is 8. The third-order valence-electron chi connectivity index (χ3n) is 11.8. The average Bonchev–Trinajstić information content (AvgIpc) is 3.90. The van der Waals surface area contributed by atoms with Gasteiger partial charge in [0.15, 0.2) is 0 Å². The molecule has 10 aromatic rings. The van der Waals surface area contributed by atoms with Crippen LogP contribution in [0.4, 0.5) is 0 Å². The molecular formula is C58H53IrN3SSi-2. The Hall–Kier alpha value is -5.75. The molecule has 0 bridgehead atoms. The summed E-state index contributed by atoms with van der Waals surface area (Å²) in [5.74, 6) is 1.44. The Morgan fingerprint density at radius 1 is 0.641 bits per heavy atom. The smallest absolute Gasteiger partial charge is 0.0795 e. The molecule has 0 atom stereocenters. The van der Waals surface area contributed by atoms with Crippen molar-refractivity contribution in [1.82, 2.24) is 14.5 Å². The van der Waals surface area contributed by atoms with Crippen molar-refractivity contribution in [1.29, 1.82) is 0 Å². The molecule has 321 valence electrons. The summed E-state index contributed by atoms with van der Waals surface area (Å²) in [6.45, 7) is 14.0. The Kier molecular flexibility index (Phi) is 12.0. The summed E-state index contributed by atoms with van der Waals surface area (Å²) in [4.78, 5) is 9.87. The van der Waals surface area contributed by atoms with Crippen molar-refractivity contribution in [3.05, 3.63) is 193 Å². The fourth-order valence-electron chi connectivity index (χ4n) is 8.34. The second-order valence-corrected chi connectivity index (χ2v) is 24.0. The van der Waals surface area contributed by atoms with E-state index in [2.05, 4.69) is 172 Å². The molecule has 0 amide bonds. The first-order valence-electron chi connectivity index (χ1n) is 23.3. The Morgan fingerprint density at radius 3 is 1.98 bits per heavy atom. The van der Waals surface area contributed by atoms with Gasteiger partial charge in [-0.05, 0) is 103 Å². The second-order valence-electron chi connectivity index (χ2n) is 17.9. The van der Waals surface area contributed by atoms with Gasteiger partial charge < -0.3 is 9.55 Å². The minimum atomic E-state index is -2.12. The fourth-order valence-corrected chi connectivity index (χ4v) is 10.6. The Morgan fingerprint density at radius 2 is 1.33 bits per heavy atom. The number of nitrogens with zero attached hydrogens (tertiary/aromatic N) is 3. The summed E-state index contributed by atoms with van der Waals surface area (Å²) >= 11 is 1.76. The van der Waals surface area contributed by atoms with Gasteiger partial charge in [0.2, 0.25) is 0 Å². The molecule has 0 fully saturated rings. The van der Waals surface area contributed by atoms with Crippen LogP contribution in [0.2, 0.25) is 19.6 Å². The monoisotopic (exact) mass is 1050 g/mol. The van der Waals surface area contributed by atoms with E-state index in [-0.39, 0.29) is 31.9 Å². The van der Waals surface area contributed by atoms with Gasteiger partial charge in [0.25, 0.3) is 0 Å². The Labute approximate surface area is 401 Å². The predicted octanol–water partition coefficient (Wildman–Crippen LogP) is 15.8. The van der Waals surface area contributed by atoms with Crippen molar-refractivity contribution in [3.8, 4) is 50.6 Å². The van der Waals surface area contributed by atoms with Crippen molar-refractivity contribution in [2.75, 3.05) is 0 Å². The molecule has 1 radical (unpaired) electrons. The molecule has 0 spiro atoms. The molecule has 0 saturated heterocycles. The summed E-state index contributed by atoms with van der Waals surface area (Å²) in [7, 11) is -1.23. The van der Waals surface area contributed by atoms with E-state index in [4.69, 9.17) is 9.10 Å². The predicted molar refractivity (Wildman–Crippen MR) is 274 cm³/mol. The van der Waals surface area contributed by atoms with Crippen LogP contribution < -0.4 is 5.19 Å². The number of aromatic nitrogens is 3. The number of para-hydroxylation sites is 2. The molecule has 6 heteroatoms. The number of hydrogen-bond donors (Lipinski definition) is 0. The zero-order valence-electron chi connectivity index (χ0n) is 40.3. The van der Waals surface area contributed by atoms with Crippen LogP contribution >= 0.6 is 11.3 Å². The van der Waals surface area contributed by atoms with Crippen molar-refractivity contribution < 1.29 is 24.2 Å². The van der Waals surface area contributed by atoms with E-state index in [0.29, 0.717) is 5.56 Å². The fraction of sp³-hybridized carbons (Fsp3) is 0.172. The molecule has 0 aliphatic heterocycles. The van der Waals surface area contributed by atoms with Gasteiger partial charge >= 0.3 is 0 Å². The van der Waals surface area contributed by atoms with Gasteiger partial charge in [-0.1, -0.05) is 155 Å². The zero-order chi connectivity index (χ0) is 46.3. The summed E-state index contributed by atoms with van der Waals surface area (Å²) < 4.78 is 28.0. The number of aryl methyl sites for hydroxylation is 1. The molecular weight excluding hydrogens is 991 g/mol. The molecule has 3 aromatic heterocycles. The van der Waals surface area contributed by atoms with Crippen molar-refractivity contribution in [3.63, 3.8) is 0 Å². The first kappa shape index (κ1) is 41.0. The molecule has 0 saturated carbocycles. The molecule has 0 aliphatic rings. The van der Waals surface area contributed by atoms with Crippen LogP contribution in [-0.2, 0) is 20.1 Å². The van der Waals surface area contributed by atoms with E-state index in [1.54, 1.807) is 23.5 Å². The van der Waals surface area contributed by atoms with Crippen molar-refractivity contribution in [2.45, 2.75) is 66.0 Å². The van der Waals surface area contributed by atoms with Gasteiger partial charge in [-0.25, -0.2) is 0 Å². The van der Waals surface area contributed by atoms with Crippen LogP contribution in [0.15, 0.2) is 164 Å². The third kappa shape index (κ3) is 8.98. The standard InChI is InChI=1S/C44H37N2S.C14H16NSi.Ir/c1-27(2)37-24-33(30-12-7-6-8-13-30)25-38(28(3)4)42(37)46-40-17-10-9-16-39(40)45-44(46)36-15-11-14-35-34-23-22-32(26-41(34)47-43(35)36)31-20-18-29(5)19-21-31;1-16(2,3)13-9-10-14(15-11-13)12-7-5-4-6-8-12;/h6-14,16-28H,1-5H3;4-7,9-11H,1-3H3;/q2*-1;/i5D3;;. The molecule has 10 rings (SSSR count). The number of hydrogen-bond acceptors (Lipinski definition) is 3. The maximum Gasteiger partial charge on any atom is 0.0795 e. The van der Waals surface area contributed by atoms with E-state index in [1.807, 2.05) is 48.7 Å². The van der Waals surface area contributed by atoms with Crippen LogP contribution in [0.3, 0.4) is 0 Å². The maximum atomic E-state index is 7.75. The van der Waals surface area contributed by atoms with Crippen LogP contribution in [0.25, 0.3) is 81.8 Å². The third-order valence-corrected chi connectivity index (χ3v) is 15.0. The Bertz CT molecular complexity index is 3290. The van der Waals surface area contributed by atoms with Crippen LogP contribution in [0, 0.1) is 19.0 Å². The van der Waals surface area contributed by atoms with Gasteiger partial charge in [-0.2, -0.15) is 11.3 Å². The first-order chi connectivity index (χ1) is 31.7. The van der Waals surface area contributed by atoms with E-state index in [1.165, 1.54) is 48.6 Å². The molecule has 0 unspecified atom stereocenters. The van der Waals surface area contributed by atoms with E-state index < -0.39 is 14.9 Å². The zero-order valence-corrected chi connectivity index (χ0v) is 41.5. The number of thiophene rings is 1.